The van der Waals surface area contributed by atoms with Crippen LogP contribution in [0.1, 0.15) is 30.7 Å². The Bertz CT molecular complexity index is 635. The summed E-state index contributed by atoms with van der Waals surface area (Å²) in [5, 5.41) is 2.58. The van der Waals surface area contributed by atoms with Crippen molar-refractivity contribution in [3.8, 4) is 0 Å². The van der Waals surface area contributed by atoms with Gasteiger partial charge in [0, 0.05) is 31.7 Å². The number of piperidine rings is 1. The molecule has 0 spiro atoms. The summed E-state index contributed by atoms with van der Waals surface area (Å²) in [6.07, 6.45) is 1.74. The first-order chi connectivity index (χ1) is 12.1. The summed E-state index contributed by atoms with van der Waals surface area (Å²) in [4.78, 5) is 27.8. The third kappa shape index (κ3) is 4.08. The first-order valence-electron chi connectivity index (χ1n) is 8.78. The van der Waals surface area contributed by atoms with E-state index in [4.69, 9.17) is 0 Å². The minimum Gasteiger partial charge on any atom is -0.338 e. The third-order valence-electron chi connectivity index (χ3n) is 4.82. The lowest BCUT2D eigenvalue weighted by molar-refractivity contribution is -0.128. The van der Waals surface area contributed by atoms with E-state index >= 15 is 0 Å². The van der Waals surface area contributed by atoms with Gasteiger partial charge in [-0.05, 0) is 31.7 Å². The van der Waals surface area contributed by atoms with Gasteiger partial charge in [0.05, 0.1) is 5.75 Å². The van der Waals surface area contributed by atoms with Gasteiger partial charge < -0.3 is 15.1 Å². The fraction of sp³-hybridized carbons (Fsp3) is 0.556. The molecule has 1 aromatic rings. The van der Waals surface area contributed by atoms with Gasteiger partial charge in [0.15, 0.2) is 0 Å². The van der Waals surface area contributed by atoms with Gasteiger partial charge in [0.1, 0.15) is 11.2 Å². The molecule has 0 bridgehead atoms. The average molecular weight is 365 g/mol. The Morgan fingerprint density at radius 2 is 2.04 bits per heavy atom. The molecule has 0 aliphatic carbocycles. The van der Waals surface area contributed by atoms with Gasteiger partial charge in [-0.3, -0.25) is 4.79 Å². The maximum absolute atomic E-state index is 14.1. The Kier molecular flexibility index (Phi) is 5.83. The number of amides is 3. The van der Waals surface area contributed by atoms with E-state index in [0.717, 1.165) is 12.8 Å². The lowest BCUT2D eigenvalue weighted by Crippen LogP contribution is -2.46. The van der Waals surface area contributed by atoms with Crippen LogP contribution in [0.25, 0.3) is 0 Å². The van der Waals surface area contributed by atoms with Crippen LogP contribution >= 0.6 is 11.8 Å². The van der Waals surface area contributed by atoms with Gasteiger partial charge in [0.25, 0.3) is 0 Å². The number of halogens is 1. The standard InChI is InChI=1S/C18H24FN3O2S/c1-2-20-18(24)21-9-7-13(8-10-21)11-22-16(23)12-25-17(22)14-5-3-4-6-15(14)19/h3-6,13,17H,2,7-12H2,1H3,(H,20,24). The summed E-state index contributed by atoms with van der Waals surface area (Å²) >= 11 is 1.49. The number of nitrogens with one attached hydrogen (secondary N) is 1. The van der Waals surface area contributed by atoms with Gasteiger partial charge in [-0.2, -0.15) is 0 Å². The van der Waals surface area contributed by atoms with E-state index in [1.807, 2.05) is 22.8 Å². The number of hydrogen-bond acceptors (Lipinski definition) is 3. The molecule has 1 atom stereocenters. The van der Waals surface area contributed by atoms with E-state index in [0.29, 0.717) is 43.4 Å². The van der Waals surface area contributed by atoms with Gasteiger partial charge in [-0.15, -0.1) is 11.8 Å². The summed E-state index contributed by atoms with van der Waals surface area (Å²) in [6, 6.07) is 6.67. The van der Waals surface area contributed by atoms with Gasteiger partial charge >= 0.3 is 6.03 Å². The molecule has 3 amide bonds. The highest BCUT2D eigenvalue weighted by Crippen LogP contribution is 2.40. The van der Waals surface area contributed by atoms with Crippen LogP contribution in [0, 0.1) is 11.7 Å². The van der Waals surface area contributed by atoms with Crippen molar-refractivity contribution in [3.63, 3.8) is 0 Å². The van der Waals surface area contributed by atoms with Gasteiger partial charge in [-0.1, -0.05) is 18.2 Å². The maximum atomic E-state index is 14.1. The highest BCUT2D eigenvalue weighted by Gasteiger charge is 2.36. The molecule has 7 heteroatoms. The number of nitrogens with zero attached hydrogens (tertiary/aromatic N) is 2. The molecule has 1 N–H and O–H groups in total. The smallest absolute Gasteiger partial charge is 0.317 e. The predicted molar refractivity (Wildman–Crippen MR) is 96.7 cm³/mol. The number of rotatable bonds is 4. The molecule has 1 aromatic carbocycles. The number of likely N-dealkylation sites (tertiary alicyclic amines) is 1. The fourth-order valence-corrected chi connectivity index (χ4v) is 4.66. The van der Waals surface area contributed by atoms with Gasteiger partial charge in [-0.25, -0.2) is 9.18 Å². The van der Waals surface area contributed by atoms with Crippen molar-refractivity contribution < 1.29 is 14.0 Å². The number of urea groups is 1. The van der Waals surface area contributed by atoms with Crippen LogP contribution < -0.4 is 5.32 Å². The Morgan fingerprint density at radius 1 is 1.32 bits per heavy atom. The number of carbonyl (C=O) groups excluding carboxylic acids is 2. The topological polar surface area (TPSA) is 52.7 Å². The first kappa shape index (κ1) is 18.0. The van der Waals surface area contributed by atoms with E-state index in [1.165, 1.54) is 17.8 Å². The zero-order chi connectivity index (χ0) is 17.8. The summed E-state index contributed by atoms with van der Waals surface area (Å²) in [7, 11) is 0. The molecule has 0 aromatic heterocycles. The lowest BCUT2D eigenvalue weighted by atomic mass is 9.96. The Labute approximate surface area is 151 Å². The van der Waals surface area contributed by atoms with E-state index < -0.39 is 0 Å². The van der Waals surface area contributed by atoms with Crippen LogP contribution in [0.3, 0.4) is 0 Å². The summed E-state index contributed by atoms with van der Waals surface area (Å²) in [6.45, 7) is 4.58. The third-order valence-corrected chi connectivity index (χ3v) is 6.06. The van der Waals surface area contributed by atoms with Crippen LogP contribution in [0.4, 0.5) is 9.18 Å². The van der Waals surface area contributed by atoms with Gasteiger partial charge in [0.2, 0.25) is 5.91 Å². The van der Waals surface area contributed by atoms with Crippen molar-refractivity contribution in [1.82, 2.24) is 15.1 Å². The minimum atomic E-state index is -0.259. The minimum absolute atomic E-state index is 0.0158. The predicted octanol–water partition coefficient (Wildman–Crippen LogP) is 2.84. The first-order valence-corrected chi connectivity index (χ1v) is 9.83. The fourth-order valence-electron chi connectivity index (χ4n) is 3.44. The van der Waals surface area contributed by atoms with E-state index in [1.54, 1.807) is 12.1 Å². The largest absolute Gasteiger partial charge is 0.338 e. The molecular formula is C18H24FN3O2S. The van der Waals surface area contributed by atoms with Crippen LogP contribution in [0.2, 0.25) is 0 Å². The monoisotopic (exact) mass is 365 g/mol. The zero-order valence-electron chi connectivity index (χ0n) is 14.4. The average Bonchev–Trinajstić information content (AvgIpc) is 2.97. The Balaban J connectivity index is 1.61. The number of thioether (sulfide) groups is 1. The van der Waals surface area contributed by atoms with Crippen molar-refractivity contribution in [1.29, 1.82) is 0 Å². The molecule has 0 saturated carbocycles. The summed E-state index contributed by atoms with van der Waals surface area (Å²) in [5.41, 5.74) is 0.582. The summed E-state index contributed by atoms with van der Waals surface area (Å²) < 4.78 is 14.1. The second kappa shape index (κ2) is 8.08. The molecule has 2 aliphatic rings. The van der Waals surface area contributed by atoms with Crippen molar-refractivity contribution in [2.75, 3.05) is 31.9 Å². The summed E-state index contributed by atoms with van der Waals surface area (Å²) in [5.74, 6) is 0.564. The molecule has 2 fully saturated rings. The maximum Gasteiger partial charge on any atom is 0.317 e. The molecule has 136 valence electrons. The van der Waals surface area contributed by atoms with Crippen LogP contribution in [-0.2, 0) is 4.79 Å². The van der Waals surface area contributed by atoms with E-state index in [9.17, 15) is 14.0 Å². The van der Waals surface area contributed by atoms with Crippen molar-refractivity contribution >= 4 is 23.7 Å². The lowest BCUT2D eigenvalue weighted by Gasteiger charge is -2.35. The highest BCUT2D eigenvalue weighted by atomic mass is 32.2. The van der Waals surface area contributed by atoms with Crippen LogP contribution in [0.15, 0.2) is 24.3 Å². The number of benzene rings is 1. The molecular weight excluding hydrogens is 341 g/mol. The number of carbonyl (C=O) groups is 2. The normalized spacial score (nSPS) is 21.7. The molecule has 2 aliphatic heterocycles. The van der Waals surface area contributed by atoms with Crippen molar-refractivity contribution in [3.05, 3.63) is 35.6 Å². The molecule has 0 radical (unpaired) electrons. The molecule has 2 heterocycles. The molecule has 2 saturated heterocycles. The second-order valence-electron chi connectivity index (χ2n) is 6.50. The van der Waals surface area contributed by atoms with Crippen molar-refractivity contribution in [2.24, 2.45) is 5.92 Å². The molecule has 5 nitrogen and oxygen atoms in total. The van der Waals surface area contributed by atoms with Crippen LogP contribution in [0.5, 0.6) is 0 Å². The highest BCUT2D eigenvalue weighted by molar-refractivity contribution is 8.00. The molecule has 25 heavy (non-hydrogen) atoms. The van der Waals surface area contributed by atoms with E-state index in [2.05, 4.69) is 5.32 Å². The quantitative estimate of drug-likeness (QED) is 0.893. The van der Waals surface area contributed by atoms with E-state index in [-0.39, 0.29) is 23.1 Å². The Morgan fingerprint density at radius 3 is 2.72 bits per heavy atom. The SMILES string of the molecule is CCNC(=O)N1CCC(CN2C(=O)CSC2c2ccccc2F)CC1. The van der Waals surface area contributed by atoms with Crippen LogP contribution in [-0.4, -0.2) is 53.7 Å². The molecule has 1 unspecified atom stereocenters. The second-order valence-corrected chi connectivity index (χ2v) is 7.57. The zero-order valence-corrected chi connectivity index (χ0v) is 15.2. The van der Waals surface area contributed by atoms with Crippen molar-refractivity contribution in [2.45, 2.75) is 25.1 Å². The number of hydrogen-bond donors (Lipinski definition) is 1. The molecule has 3 rings (SSSR count). The Hall–Kier alpha value is -1.76.